The molecule has 1 heterocycles. The summed E-state index contributed by atoms with van der Waals surface area (Å²) in [6, 6.07) is 9.88. The second-order valence-corrected chi connectivity index (χ2v) is 7.88. The number of aromatic nitrogens is 2. The number of rotatable bonds is 10. The van der Waals surface area contributed by atoms with Gasteiger partial charge in [-0.2, -0.15) is 5.10 Å². The van der Waals surface area contributed by atoms with Gasteiger partial charge in [0, 0.05) is 33.0 Å². The van der Waals surface area contributed by atoms with Crippen molar-refractivity contribution in [3.8, 4) is 11.4 Å². The zero-order valence-corrected chi connectivity index (χ0v) is 21.2. The van der Waals surface area contributed by atoms with Crippen LogP contribution in [0.15, 0.2) is 41.5 Å². The quantitative estimate of drug-likeness (QED) is 0.205. The van der Waals surface area contributed by atoms with Crippen LogP contribution < -0.4 is 15.4 Å². The Labute approximate surface area is 203 Å². The van der Waals surface area contributed by atoms with Gasteiger partial charge in [-0.05, 0) is 61.9 Å². The molecule has 7 nitrogen and oxygen atoms in total. The minimum Gasteiger partial charge on any atom is -0.497 e. The maximum atomic E-state index is 5.62. The lowest BCUT2D eigenvalue weighted by Gasteiger charge is -2.30. The smallest absolute Gasteiger partial charge is 0.191 e. The Morgan fingerprint density at radius 3 is 2.55 bits per heavy atom. The molecular weight excluding hydrogens is 505 g/mol. The minimum absolute atomic E-state index is 0. The van der Waals surface area contributed by atoms with Crippen LogP contribution in [0.1, 0.15) is 44.7 Å². The number of methoxy groups -OCH3 is 1. The number of hydrogen-bond donors (Lipinski definition) is 2. The van der Waals surface area contributed by atoms with Crippen molar-refractivity contribution in [2.45, 2.75) is 45.6 Å². The van der Waals surface area contributed by atoms with Gasteiger partial charge < -0.3 is 20.1 Å². The first-order valence-electron chi connectivity index (χ1n) is 10.9. The molecule has 1 aliphatic carbocycles. The second-order valence-electron chi connectivity index (χ2n) is 7.88. The molecule has 0 unspecified atom stereocenters. The molecule has 0 amide bonds. The number of halogens is 1. The molecule has 2 N–H and O–H groups in total. The summed E-state index contributed by atoms with van der Waals surface area (Å²) in [4.78, 5) is 4.39. The number of aliphatic imine (C=N–C) groups is 1. The summed E-state index contributed by atoms with van der Waals surface area (Å²) in [6.07, 6.45) is 8.21. The first-order chi connectivity index (χ1) is 14.7. The summed E-state index contributed by atoms with van der Waals surface area (Å²) in [5, 5.41) is 11.6. The molecule has 8 heteroatoms. The molecule has 31 heavy (non-hydrogen) atoms. The van der Waals surface area contributed by atoms with E-state index in [1.807, 2.05) is 48.3 Å². The highest BCUT2D eigenvalue weighted by Gasteiger charge is 2.33. The molecule has 3 rings (SSSR count). The van der Waals surface area contributed by atoms with E-state index in [2.05, 4.69) is 27.6 Å². The van der Waals surface area contributed by atoms with Crippen molar-refractivity contribution in [1.29, 1.82) is 0 Å². The average Bonchev–Trinajstić information content (AvgIpc) is 3.44. The van der Waals surface area contributed by atoms with E-state index in [0.717, 1.165) is 49.3 Å². The fourth-order valence-electron chi connectivity index (χ4n) is 4.07. The van der Waals surface area contributed by atoms with Gasteiger partial charge >= 0.3 is 0 Å². The Balaban J connectivity index is 0.00000341. The third-order valence-corrected chi connectivity index (χ3v) is 5.92. The van der Waals surface area contributed by atoms with Crippen molar-refractivity contribution in [3.63, 3.8) is 0 Å². The van der Waals surface area contributed by atoms with Crippen LogP contribution in [-0.4, -0.2) is 49.7 Å². The van der Waals surface area contributed by atoms with Gasteiger partial charge in [-0.25, -0.2) is 4.68 Å². The van der Waals surface area contributed by atoms with E-state index in [9.17, 15) is 0 Å². The van der Waals surface area contributed by atoms with Crippen molar-refractivity contribution in [1.82, 2.24) is 20.4 Å². The number of nitrogens with zero attached hydrogens (tertiary/aromatic N) is 3. The molecule has 0 saturated heterocycles. The van der Waals surface area contributed by atoms with Gasteiger partial charge in [0.1, 0.15) is 5.75 Å². The van der Waals surface area contributed by atoms with Crippen molar-refractivity contribution < 1.29 is 9.47 Å². The molecule has 1 aromatic heterocycles. The summed E-state index contributed by atoms with van der Waals surface area (Å²) in [6.45, 7) is 5.24. The number of nitrogens with one attached hydrogen (secondary N) is 2. The summed E-state index contributed by atoms with van der Waals surface area (Å²) in [5.41, 5.74) is 2.28. The predicted molar refractivity (Wildman–Crippen MR) is 136 cm³/mol. The van der Waals surface area contributed by atoms with Gasteiger partial charge in [0.15, 0.2) is 5.96 Å². The molecular formula is C23H36IN5O2. The van der Waals surface area contributed by atoms with Crippen molar-refractivity contribution in [3.05, 3.63) is 42.2 Å². The van der Waals surface area contributed by atoms with E-state index >= 15 is 0 Å². The van der Waals surface area contributed by atoms with Crippen LogP contribution in [0, 0.1) is 5.41 Å². The fraction of sp³-hybridized carbons (Fsp3) is 0.565. The van der Waals surface area contributed by atoms with E-state index < -0.39 is 0 Å². The van der Waals surface area contributed by atoms with Crippen molar-refractivity contribution >= 4 is 29.9 Å². The summed E-state index contributed by atoms with van der Waals surface area (Å²) in [7, 11) is 3.48. The van der Waals surface area contributed by atoms with Gasteiger partial charge in [0.05, 0.1) is 25.0 Å². The van der Waals surface area contributed by atoms with E-state index in [1.54, 1.807) is 7.11 Å². The molecule has 1 aliphatic rings. The minimum atomic E-state index is 0. The Hall–Kier alpha value is -1.81. The molecule has 0 aliphatic heterocycles. The first kappa shape index (κ1) is 25.5. The van der Waals surface area contributed by atoms with Gasteiger partial charge in [-0.1, -0.05) is 12.8 Å². The Kier molecular flexibility index (Phi) is 10.6. The monoisotopic (exact) mass is 541 g/mol. The van der Waals surface area contributed by atoms with E-state index in [1.165, 1.54) is 25.7 Å². The van der Waals surface area contributed by atoms with E-state index in [0.29, 0.717) is 12.0 Å². The zero-order valence-electron chi connectivity index (χ0n) is 18.9. The van der Waals surface area contributed by atoms with Crippen LogP contribution >= 0.6 is 24.0 Å². The van der Waals surface area contributed by atoms with Crippen LogP contribution in [0.2, 0.25) is 0 Å². The first-order valence-corrected chi connectivity index (χ1v) is 10.9. The fourth-order valence-corrected chi connectivity index (χ4v) is 4.07. The molecule has 0 radical (unpaired) electrons. The van der Waals surface area contributed by atoms with Crippen LogP contribution in [0.25, 0.3) is 5.69 Å². The highest BCUT2D eigenvalue weighted by Crippen LogP contribution is 2.40. The highest BCUT2D eigenvalue weighted by atomic mass is 127. The van der Waals surface area contributed by atoms with Gasteiger partial charge in [-0.3, -0.25) is 4.99 Å². The van der Waals surface area contributed by atoms with E-state index in [-0.39, 0.29) is 24.0 Å². The largest absolute Gasteiger partial charge is 0.497 e. The zero-order chi connectivity index (χ0) is 21.2. The summed E-state index contributed by atoms with van der Waals surface area (Å²) >= 11 is 0. The highest BCUT2D eigenvalue weighted by molar-refractivity contribution is 14.0. The molecule has 1 fully saturated rings. The molecule has 0 spiro atoms. The third kappa shape index (κ3) is 7.38. The number of ether oxygens (including phenoxy) is 2. The summed E-state index contributed by atoms with van der Waals surface area (Å²) < 4.78 is 12.7. The van der Waals surface area contributed by atoms with E-state index in [4.69, 9.17) is 9.47 Å². The lowest BCUT2D eigenvalue weighted by molar-refractivity contribution is 0.105. The Bertz CT molecular complexity index is 801. The number of guanidine groups is 1. The number of benzene rings is 1. The Morgan fingerprint density at radius 1 is 1.16 bits per heavy atom. The maximum absolute atomic E-state index is 5.62. The maximum Gasteiger partial charge on any atom is 0.191 e. The van der Waals surface area contributed by atoms with Gasteiger partial charge in [0.25, 0.3) is 0 Å². The van der Waals surface area contributed by atoms with Crippen LogP contribution in [0.3, 0.4) is 0 Å². The van der Waals surface area contributed by atoms with Gasteiger partial charge in [-0.15, -0.1) is 24.0 Å². The molecule has 172 valence electrons. The van der Waals surface area contributed by atoms with Crippen LogP contribution in [0.4, 0.5) is 0 Å². The molecule has 2 aromatic rings. The third-order valence-electron chi connectivity index (χ3n) is 5.92. The topological polar surface area (TPSA) is 72.7 Å². The molecule has 0 bridgehead atoms. The Morgan fingerprint density at radius 2 is 1.90 bits per heavy atom. The average molecular weight is 541 g/mol. The second kappa shape index (κ2) is 12.9. The molecule has 1 saturated carbocycles. The van der Waals surface area contributed by atoms with Crippen LogP contribution in [0.5, 0.6) is 5.75 Å². The van der Waals surface area contributed by atoms with Crippen molar-refractivity contribution in [2.24, 2.45) is 10.4 Å². The molecule has 0 atom stereocenters. The summed E-state index contributed by atoms with van der Waals surface area (Å²) in [5.74, 6) is 1.65. The SMILES string of the molecule is CCOCCC1(CNC(=NC)NCc2ccn(-c3ccc(OC)cc3)n2)CCCC1.I. The van der Waals surface area contributed by atoms with Gasteiger partial charge in [0.2, 0.25) is 0 Å². The lowest BCUT2D eigenvalue weighted by Crippen LogP contribution is -2.43. The number of hydrogen-bond acceptors (Lipinski definition) is 4. The predicted octanol–water partition coefficient (Wildman–Crippen LogP) is 4.15. The standard InChI is InChI=1S/C23H35N5O2.HI/c1-4-30-16-14-23(12-5-6-13-23)18-26-22(24-2)25-17-19-11-15-28(27-19)20-7-9-21(29-3)10-8-20;/h7-11,15H,4-6,12-14,16-18H2,1-3H3,(H2,24,25,26);1H. The van der Waals surface area contributed by atoms with Crippen molar-refractivity contribution in [2.75, 3.05) is 33.9 Å². The molecule has 1 aromatic carbocycles. The normalized spacial score (nSPS) is 15.4. The lowest BCUT2D eigenvalue weighted by atomic mass is 9.83. The van der Waals surface area contributed by atoms with Crippen LogP contribution in [-0.2, 0) is 11.3 Å².